The van der Waals surface area contributed by atoms with Gasteiger partial charge in [0.25, 0.3) is 0 Å². The van der Waals surface area contributed by atoms with Crippen LogP contribution in [-0.4, -0.2) is 169 Å². The molecule has 37 heavy (non-hydrogen) atoms. The lowest BCUT2D eigenvalue weighted by atomic mass is 9.96. The molecule has 0 aromatic carbocycles. The van der Waals surface area contributed by atoms with E-state index in [-0.39, 0.29) is 0 Å². The average molecular weight is 545 g/mol. The van der Waals surface area contributed by atoms with Crippen LogP contribution < -0.4 is 5.32 Å². The highest BCUT2D eigenvalue weighted by molar-refractivity contribution is 5.73. The van der Waals surface area contributed by atoms with Crippen molar-refractivity contribution in [2.45, 2.75) is 99.0 Å². The van der Waals surface area contributed by atoms with Crippen LogP contribution in [0.25, 0.3) is 0 Å². The minimum atomic E-state index is -1.83. The van der Waals surface area contributed by atoms with Gasteiger partial charge in [0.1, 0.15) is 73.2 Å². The molecule has 17 heteroatoms. The third-order valence-corrected chi connectivity index (χ3v) is 6.46. The molecule has 1 unspecified atom stereocenters. The SMILES string of the molecule is CC(=O)N[C@H]1[C@H](OC[C@H]2O[C@H](OC[C@H]3OC(O)[C@H](O)[C@@H](O)[C@@H]3O)[C@@H](O)[C@@H](O)[C@@H]2O)O[C@H](CO)[C@@H](O)[C@@H]1O. The average Bonchev–Trinajstić information content (AvgIpc) is 2.86. The molecule has 0 saturated carbocycles. The maximum Gasteiger partial charge on any atom is 0.217 e. The van der Waals surface area contributed by atoms with Crippen molar-refractivity contribution in [1.29, 1.82) is 0 Å². The van der Waals surface area contributed by atoms with Gasteiger partial charge in [-0.1, -0.05) is 0 Å². The Morgan fingerprint density at radius 1 is 0.649 bits per heavy atom. The summed E-state index contributed by atoms with van der Waals surface area (Å²) in [4.78, 5) is 11.5. The number of hydrogen-bond acceptors (Lipinski definition) is 16. The van der Waals surface area contributed by atoms with Gasteiger partial charge in [-0.2, -0.15) is 0 Å². The highest BCUT2D eigenvalue weighted by Crippen LogP contribution is 2.27. The van der Waals surface area contributed by atoms with Crippen molar-refractivity contribution in [2.75, 3.05) is 19.8 Å². The molecule has 3 fully saturated rings. The molecule has 0 bridgehead atoms. The lowest BCUT2D eigenvalue weighted by Gasteiger charge is -2.44. The summed E-state index contributed by atoms with van der Waals surface area (Å²) >= 11 is 0. The highest BCUT2D eigenvalue weighted by atomic mass is 16.7. The summed E-state index contributed by atoms with van der Waals surface area (Å²) in [6, 6.07) is -1.28. The Morgan fingerprint density at radius 3 is 1.70 bits per heavy atom. The van der Waals surface area contributed by atoms with E-state index in [9.17, 15) is 55.9 Å². The van der Waals surface area contributed by atoms with Gasteiger partial charge in [-0.25, -0.2) is 0 Å². The summed E-state index contributed by atoms with van der Waals surface area (Å²) in [7, 11) is 0. The van der Waals surface area contributed by atoms with Crippen molar-refractivity contribution in [1.82, 2.24) is 5.32 Å². The number of rotatable bonds is 8. The monoisotopic (exact) mass is 545 g/mol. The Morgan fingerprint density at radius 2 is 1.14 bits per heavy atom. The van der Waals surface area contributed by atoms with E-state index in [0.29, 0.717) is 0 Å². The van der Waals surface area contributed by atoms with Crippen molar-refractivity contribution in [3.05, 3.63) is 0 Å². The molecular formula is C20H35NO16. The number of carbonyl (C=O) groups excluding carboxylic acids is 1. The number of ether oxygens (including phenoxy) is 5. The van der Waals surface area contributed by atoms with Crippen molar-refractivity contribution in [2.24, 2.45) is 0 Å². The summed E-state index contributed by atoms with van der Waals surface area (Å²) in [6.07, 6.45) is -22.5. The van der Waals surface area contributed by atoms with Gasteiger partial charge in [-0.15, -0.1) is 0 Å². The number of aliphatic hydroxyl groups is 10. The minimum absolute atomic E-state index is 0.557. The molecule has 1 amide bonds. The first-order valence-electron chi connectivity index (χ1n) is 11.6. The molecule has 0 aromatic rings. The number of amides is 1. The molecule has 3 aliphatic heterocycles. The van der Waals surface area contributed by atoms with E-state index >= 15 is 0 Å². The zero-order valence-corrected chi connectivity index (χ0v) is 19.7. The highest BCUT2D eigenvalue weighted by Gasteiger charge is 2.49. The molecule has 216 valence electrons. The molecule has 0 aliphatic carbocycles. The minimum Gasteiger partial charge on any atom is -0.394 e. The zero-order chi connectivity index (χ0) is 27.6. The van der Waals surface area contributed by atoms with Crippen LogP contribution in [0.15, 0.2) is 0 Å². The quantitative estimate of drug-likeness (QED) is 0.135. The van der Waals surface area contributed by atoms with E-state index in [4.69, 9.17) is 23.7 Å². The van der Waals surface area contributed by atoms with Gasteiger partial charge in [0.2, 0.25) is 5.91 Å². The molecule has 3 saturated heterocycles. The number of nitrogens with one attached hydrogen (secondary N) is 1. The number of aliphatic hydroxyl groups excluding tert-OH is 10. The summed E-state index contributed by atoms with van der Waals surface area (Å²) in [5, 5.41) is 102. The molecule has 0 spiro atoms. The van der Waals surface area contributed by atoms with Gasteiger partial charge in [-0.05, 0) is 0 Å². The smallest absolute Gasteiger partial charge is 0.217 e. The first-order chi connectivity index (χ1) is 17.4. The van der Waals surface area contributed by atoms with Crippen LogP contribution >= 0.6 is 0 Å². The van der Waals surface area contributed by atoms with Crippen LogP contribution in [-0.2, 0) is 28.5 Å². The Kier molecular flexibility index (Phi) is 10.5. The third-order valence-electron chi connectivity index (χ3n) is 6.46. The maximum atomic E-state index is 11.5. The van der Waals surface area contributed by atoms with Crippen LogP contribution in [0.5, 0.6) is 0 Å². The first kappa shape index (κ1) is 30.4. The van der Waals surface area contributed by atoms with Crippen molar-refractivity contribution >= 4 is 5.91 Å². The fourth-order valence-corrected chi connectivity index (χ4v) is 4.25. The van der Waals surface area contributed by atoms with E-state index < -0.39 is 118 Å². The van der Waals surface area contributed by atoms with Crippen molar-refractivity contribution < 1.29 is 79.5 Å². The standard InChI is InChI=1S/C20H35NO16/c1-5(23)21-9-13(27)10(24)6(2-22)36-19(9)33-4-8-12(26)15(29)17(31)20(37-8)34-3-7-11(25)14(28)16(30)18(32)35-7/h6-20,22,24-32H,2-4H2,1H3,(H,21,23)/t6-,7-,8-,9-,10-,11-,12-,13-,14+,15+,16-,17+,18?,19-,20+/m1/s1. The van der Waals surface area contributed by atoms with Crippen LogP contribution in [0.3, 0.4) is 0 Å². The first-order valence-corrected chi connectivity index (χ1v) is 11.6. The molecule has 3 rings (SSSR count). The van der Waals surface area contributed by atoms with Gasteiger partial charge in [0, 0.05) is 6.92 Å². The Labute approximate surface area is 210 Å². The van der Waals surface area contributed by atoms with E-state index in [2.05, 4.69) is 5.32 Å². The van der Waals surface area contributed by atoms with Gasteiger partial charge >= 0.3 is 0 Å². The second-order valence-electron chi connectivity index (χ2n) is 9.15. The number of carbonyl (C=O) groups is 1. The summed E-state index contributed by atoms with van der Waals surface area (Å²) in [5.41, 5.74) is 0. The third kappa shape index (κ3) is 6.72. The van der Waals surface area contributed by atoms with Gasteiger partial charge in [0.15, 0.2) is 18.9 Å². The molecule has 0 aromatic heterocycles. The normalized spacial score (nSPS) is 49.0. The molecule has 15 atom stereocenters. The summed E-state index contributed by atoms with van der Waals surface area (Å²) < 4.78 is 26.7. The van der Waals surface area contributed by atoms with E-state index in [1.54, 1.807) is 0 Å². The number of hydrogen-bond donors (Lipinski definition) is 11. The molecule has 0 radical (unpaired) electrons. The van der Waals surface area contributed by atoms with Crippen LogP contribution in [0.2, 0.25) is 0 Å². The maximum absolute atomic E-state index is 11.5. The molecule has 3 aliphatic rings. The van der Waals surface area contributed by atoms with Gasteiger partial charge in [0.05, 0.1) is 19.8 Å². The van der Waals surface area contributed by atoms with Crippen LogP contribution in [0.1, 0.15) is 6.92 Å². The Balaban J connectivity index is 1.63. The predicted octanol–water partition coefficient (Wildman–Crippen LogP) is -7.43. The largest absolute Gasteiger partial charge is 0.394 e. The summed E-state index contributed by atoms with van der Waals surface area (Å²) in [6.45, 7) is -0.686. The summed E-state index contributed by atoms with van der Waals surface area (Å²) in [5.74, 6) is -0.591. The van der Waals surface area contributed by atoms with E-state index in [1.165, 1.54) is 0 Å². The fraction of sp³-hybridized carbons (Fsp3) is 0.950. The Bertz CT molecular complexity index is 747. The van der Waals surface area contributed by atoms with Crippen molar-refractivity contribution in [3.8, 4) is 0 Å². The predicted molar refractivity (Wildman–Crippen MR) is 113 cm³/mol. The zero-order valence-electron chi connectivity index (χ0n) is 19.7. The van der Waals surface area contributed by atoms with E-state index in [1.807, 2.05) is 0 Å². The lowest BCUT2D eigenvalue weighted by Crippen LogP contribution is -2.65. The second-order valence-corrected chi connectivity index (χ2v) is 9.15. The molecule has 3 heterocycles. The molecule has 11 N–H and O–H groups in total. The van der Waals surface area contributed by atoms with Gasteiger partial charge in [-0.3, -0.25) is 4.79 Å². The van der Waals surface area contributed by atoms with Crippen molar-refractivity contribution in [3.63, 3.8) is 0 Å². The molecular weight excluding hydrogens is 510 g/mol. The van der Waals surface area contributed by atoms with Crippen LogP contribution in [0, 0.1) is 0 Å². The van der Waals surface area contributed by atoms with E-state index in [0.717, 1.165) is 6.92 Å². The second kappa shape index (κ2) is 12.8. The topological polar surface area (TPSA) is 278 Å². The lowest BCUT2D eigenvalue weighted by molar-refractivity contribution is -0.334. The fourth-order valence-electron chi connectivity index (χ4n) is 4.25. The van der Waals surface area contributed by atoms with Gasteiger partial charge < -0.3 is 80.1 Å². The molecule has 17 nitrogen and oxygen atoms in total. The Hall–Kier alpha value is -1.13. The van der Waals surface area contributed by atoms with Crippen LogP contribution in [0.4, 0.5) is 0 Å².